The Balaban J connectivity index is 1.96. The van der Waals surface area contributed by atoms with Crippen molar-refractivity contribution in [3.05, 3.63) is 126 Å². The number of methoxy groups -OCH3 is 1. The third-order valence-electron chi connectivity index (χ3n) is 6.38. The van der Waals surface area contributed by atoms with Gasteiger partial charge in [-0.2, -0.15) is 0 Å². The second kappa shape index (κ2) is 9.59. The van der Waals surface area contributed by atoms with Gasteiger partial charge in [0.15, 0.2) is 17.3 Å². The first-order valence-corrected chi connectivity index (χ1v) is 11.5. The number of hydrogen-bond acceptors (Lipinski definition) is 6. The van der Waals surface area contributed by atoms with Crippen molar-refractivity contribution >= 4 is 28.5 Å². The zero-order valence-corrected chi connectivity index (χ0v) is 20.0. The molecule has 5 rings (SSSR count). The molecule has 0 aromatic heterocycles. The second-order valence-corrected chi connectivity index (χ2v) is 8.34. The normalized spacial score (nSPS) is 12.3. The smallest absolute Gasteiger partial charge is 0.335 e. The summed E-state index contributed by atoms with van der Waals surface area (Å²) >= 11 is 0. The highest BCUT2D eigenvalue weighted by atomic mass is 16.6. The molecule has 6 nitrogen and oxygen atoms in total. The van der Waals surface area contributed by atoms with E-state index in [-0.39, 0.29) is 23.0 Å². The van der Waals surface area contributed by atoms with Gasteiger partial charge >= 0.3 is 11.9 Å². The maximum atomic E-state index is 13.4. The predicted octanol–water partition coefficient (Wildman–Crippen LogP) is 5.76. The van der Waals surface area contributed by atoms with Crippen molar-refractivity contribution in [3.63, 3.8) is 0 Å². The van der Waals surface area contributed by atoms with Crippen LogP contribution in [0, 0.1) is 0 Å². The Morgan fingerprint density at radius 2 is 1.16 bits per heavy atom. The number of rotatable bonds is 6. The number of ketones is 1. The highest BCUT2D eigenvalue weighted by Crippen LogP contribution is 2.54. The van der Waals surface area contributed by atoms with Crippen LogP contribution in [-0.4, -0.2) is 24.8 Å². The Labute approximate surface area is 213 Å². The summed E-state index contributed by atoms with van der Waals surface area (Å²) in [5.41, 5.74) is 2.89. The predicted molar refractivity (Wildman–Crippen MR) is 139 cm³/mol. The van der Waals surface area contributed by atoms with Gasteiger partial charge in [-0.25, -0.2) is 9.59 Å². The summed E-state index contributed by atoms with van der Waals surface area (Å²) in [6.07, 6.45) is 2.13. The van der Waals surface area contributed by atoms with Crippen LogP contribution in [0.3, 0.4) is 0 Å². The van der Waals surface area contributed by atoms with Crippen molar-refractivity contribution in [1.82, 2.24) is 0 Å². The van der Waals surface area contributed by atoms with Crippen molar-refractivity contribution < 1.29 is 28.6 Å². The highest BCUT2D eigenvalue weighted by Gasteiger charge is 2.38. The van der Waals surface area contributed by atoms with E-state index in [0.717, 1.165) is 12.2 Å². The van der Waals surface area contributed by atoms with Gasteiger partial charge in [0.05, 0.1) is 12.7 Å². The average Bonchev–Trinajstić information content (AvgIpc) is 2.94. The van der Waals surface area contributed by atoms with Gasteiger partial charge in [-0.1, -0.05) is 86.0 Å². The van der Waals surface area contributed by atoms with Crippen molar-refractivity contribution in [1.29, 1.82) is 0 Å². The quantitative estimate of drug-likeness (QED) is 0.171. The number of carbonyl (C=O) groups excluding carboxylic acids is 3. The fraction of sp³-hybridized carbons (Fsp3) is 0.0645. The molecule has 1 aliphatic rings. The van der Waals surface area contributed by atoms with E-state index in [1.54, 1.807) is 48.5 Å². The first-order chi connectivity index (χ1) is 18.0. The van der Waals surface area contributed by atoms with Crippen LogP contribution in [0.5, 0.6) is 17.2 Å². The molecular weight excluding hydrogens is 468 g/mol. The fourth-order valence-electron chi connectivity index (χ4n) is 4.87. The minimum Gasteiger partial charge on any atom is -0.492 e. The summed E-state index contributed by atoms with van der Waals surface area (Å²) in [5.74, 6) is -1.46. The topological polar surface area (TPSA) is 78.9 Å². The van der Waals surface area contributed by atoms with Crippen LogP contribution >= 0.6 is 0 Å². The number of ether oxygens (including phenoxy) is 3. The number of fused-ring (bicyclic) bond motifs is 3. The number of carbonyl (C=O) groups is 3. The molecule has 0 fully saturated rings. The average molecular weight is 491 g/mol. The van der Waals surface area contributed by atoms with Gasteiger partial charge < -0.3 is 14.2 Å². The summed E-state index contributed by atoms with van der Waals surface area (Å²) in [6.45, 7) is 7.05. The van der Waals surface area contributed by atoms with E-state index in [2.05, 4.69) is 13.2 Å². The van der Waals surface area contributed by atoms with Crippen LogP contribution in [0.1, 0.15) is 38.5 Å². The molecule has 0 saturated carbocycles. The molecule has 0 radical (unpaired) electrons. The van der Waals surface area contributed by atoms with E-state index in [4.69, 9.17) is 14.2 Å². The molecule has 0 bridgehead atoms. The van der Waals surface area contributed by atoms with Gasteiger partial charge in [0.2, 0.25) is 0 Å². The van der Waals surface area contributed by atoms with Gasteiger partial charge in [-0.15, -0.1) is 0 Å². The summed E-state index contributed by atoms with van der Waals surface area (Å²) in [6, 6.07) is 21.6. The van der Waals surface area contributed by atoms with E-state index in [9.17, 15) is 14.4 Å². The van der Waals surface area contributed by atoms with Crippen molar-refractivity contribution in [2.75, 3.05) is 7.11 Å². The van der Waals surface area contributed by atoms with E-state index in [0.29, 0.717) is 38.6 Å². The Morgan fingerprint density at radius 3 is 1.68 bits per heavy atom. The second-order valence-electron chi connectivity index (χ2n) is 8.34. The monoisotopic (exact) mass is 490 g/mol. The first-order valence-electron chi connectivity index (χ1n) is 11.5. The van der Waals surface area contributed by atoms with Crippen LogP contribution in [0.25, 0.3) is 10.8 Å². The Hall–Kier alpha value is -4.97. The fourth-order valence-corrected chi connectivity index (χ4v) is 4.87. The Morgan fingerprint density at radius 1 is 0.703 bits per heavy atom. The van der Waals surface area contributed by atoms with Gasteiger partial charge in [-0.05, 0) is 11.1 Å². The SMILES string of the molecule is C=CC(=O)Oc1c(OC)c(C2c3ccccc3C(=O)c3ccccc32)c(OC(=O)C=C)c2ccccc12. The molecule has 182 valence electrons. The largest absolute Gasteiger partial charge is 0.492 e. The minimum atomic E-state index is -0.676. The van der Waals surface area contributed by atoms with Gasteiger partial charge in [-0.3, -0.25) is 4.79 Å². The summed E-state index contributed by atoms with van der Waals surface area (Å²) in [4.78, 5) is 38.4. The molecule has 0 heterocycles. The number of benzene rings is 4. The first kappa shape index (κ1) is 23.8. The Kier molecular flexibility index (Phi) is 6.15. The van der Waals surface area contributed by atoms with Crippen molar-refractivity contribution in [2.45, 2.75) is 5.92 Å². The molecule has 4 aromatic rings. The zero-order chi connectivity index (χ0) is 26.1. The molecule has 0 spiro atoms. The molecule has 0 unspecified atom stereocenters. The van der Waals surface area contributed by atoms with E-state index >= 15 is 0 Å². The molecule has 0 aliphatic heterocycles. The molecule has 37 heavy (non-hydrogen) atoms. The Bertz CT molecular complexity index is 1560. The van der Waals surface area contributed by atoms with Crippen LogP contribution in [0.2, 0.25) is 0 Å². The van der Waals surface area contributed by atoms with E-state index in [1.807, 2.05) is 24.3 Å². The summed E-state index contributed by atoms with van der Waals surface area (Å²) < 4.78 is 17.5. The minimum absolute atomic E-state index is 0.106. The molecule has 4 aromatic carbocycles. The molecule has 0 saturated heterocycles. The van der Waals surface area contributed by atoms with Crippen LogP contribution in [-0.2, 0) is 9.59 Å². The third-order valence-corrected chi connectivity index (χ3v) is 6.38. The van der Waals surface area contributed by atoms with Crippen molar-refractivity contribution in [2.24, 2.45) is 0 Å². The molecule has 1 aliphatic carbocycles. The summed E-state index contributed by atoms with van der Waals surface area (Å²) in [7, 11) is 1.45. The maximum absolute atomic E-state index is 13.4. The van der Waals surface area contributed by atoms with Gasteiger partial charge in [0, 0.05) is 40.0 Å². The van der Waals surface area contributed by atoms with E-state index in [1.165, 1.54) is 7.11 Å². The van der Waals surface area contributed by atoms with Crippen molar-refractivity contribution in [3.8, 4) is 17.2 Å². The van der Waals surface area contributed by atoms with Crippen LogP contribution in [0.15, 0.2) is 98.1 Å². The van der Waals surface area contributed by atoms with E-state index < -0.39 is 17.9 Å². The molecule has 0 atom stereocenters. The lowest BCUT2D eigenvalue weighted by Crippen LogP contribution is -2.22. The molecule has 0 N–H and O–H groups in total. The third kappa shape index (κ3) is 3.89. The highest BCUT2D eigenvalue weighted by molar-refractivity contribution is 6.13. The molecule has 0 amide bonds. The number of hydrogen-bond donors (Lipinski definition) is 0. The van der Waals surface area contributed by atoms with Gasteiger partial charge in [0.25, 0.3) is 0 Å². The number of esters is 2. The maximum Gasteiger partial charge on any atom is 0.335 e. The summed E-state index contributed by atoms with van der Waals surface area (Å²) in [5, 5.41) is 1.02. The lowest BCUT2D eigenvalue weighted by molar-refractivity contribution is -0.130. The molecular formula is C31H22O6. The van der Waals surface area contributed by atoms with Crippen LogP contribution in [0.4, 0.5) is 0 Å². The van der Waals surface area contributed by atoms with Crippen LogP contribution < -0.4 is 14.2 Å². The lowest BCUT2D eigenvalue weighted by atomic mass is 9.73. The lowest BCUT2D eigenvalue weighted by Gasteiger charge is -2.31. The zero-order valence-electron chi connectivity index (χ0n) is 20.0. The standard InChI is InChI=1S/C31H22O6/c1-4-24(32)36-29-22-16-10-11-17-23(22)30(37-25(33)5-2)31(35-3)27(29)26-18-12-6-8-14-20(18)28(34)21-15-9-7-13-19(21)26/h4-17,26H,1-2H2,3H3. The van der Waals surface area contributed by atoms with Gasteiger partial charge in [0.1, 0.15) is 5.75 Å². The molecule has 6 heteroatoms.